The third-order valence-electron chi connectivity index (χ3n) is 4.02. The Bertz CT molecular complexity index is 380. The highest BCUT2D eigenvalue weighted by Crippen LogP contribution is 2.34. The van der Waals surface area contributed by atoms with E-state index in [0.717, 1.165) is 31.3 Å². The molecule has 0 bridgehead atoms. The Morgan fingerprint density at radius 2 is 2.16 bits per heavy atom. The molecule has 0 amide bonds. The van der Waals surface area contributed by atoms with Crippen molar-refractivity contribution in [1.29, 1.82) is 0 Å². The van der Waals surface area contributed by atoms with Crippen LogP contribution in [0, 0.1) is 0 Å². The Morgan fingerprint density at radius 1 is 1.42 bits per heavy atom. The summed E-state index contributed by atoms with van der Waals surface area (Å²) in [6, 6.07) is 0. The second kappa shape index (κ2) is 6.68. The summed E-state index contributed by atoms with van der Waals surface area (Å²) in [6.07, 6.45) is 5.65. The molecule has 1 aromatic rings. The molecule has 1 aliphatic rings. The van der Waals surface area contributed by atoms with Crippen LogP contribution in [0.15, 0.2) is 6.20 Å². The largest absolute Gasteiger partial charge is 0.377 e. The van der Waals surface area contributed by atoms with Crippen molar-refractivity contribution >= 4 is 16.5 Å². The zero-order chi connectivity index (χ0) is 13.7. The summed E-state index contributed by atoms with van der Waals surface area (Å²) < 4.78 is 5.61. The van der Waals surface area contributed by atoms with Gasteiger partial charge >= 0.3 is 0 Å². The van der Waals surface area contributed by atoms with E-state index in [1.165, 1.54) is 24.1 Å². The molecule has 0 saturated heterocycles. The minimum Gasteiger partial charge on any atom is -0.377 e. The first-order chi connectivity index (χ1) is 9.23. The maximum Gasteiger partial charge on any atom is 0.185 e. The van der Waals surface area contributed by atoms with Gasteiger partial charge < -0.3 is 15.0 Å². The number of thiazole rings is 1. The van der Waals surface area contributed by atoms with E-state index in [0.29, 0.717) is 0 Å². The summed E-state index contributed by atoms with van der Waals surface area (Å²) in [5, 5.41) is 4.64. The van der Waals surface area contributed by atoms with E-state index in [4.69, 9.17) is 4.74 Å². The molecule has 1 aromatic heterocycles. The normalized spacial score (nSPS) is 17.2. The van der Waals surface area contributed by atoms with Crippen LogP contribution in [0.1, 0.15) is 38.0 Å². The molecule has 0 unspecified atom stereocenters. The molecule has 4 nitrogen and oxygen atoms in total. The van der Waals surface area contributed by atoms with E-state index in [-0.39, 0.29) is 5.60 Å². The first kappa shape index (κ1) is 14.8. The van der Waals surface area contributed by atoms with Crippen molar-refractivity contribution in [2.45, 2.75) is 45.3 Å². The van der Waals surface area contributed by atoms with E-state index >= 15 is 0 Å². The fraction of sp³-hybridized carbons (Fsp3) is 0.786. The van der Waals surface area contributed by atoms with Crippen molar-refractivity contribution in [3.8, 4) is 0 Å². The topological polar surface area (TPSA) is 37.4 Å². The van der Waals surface area contributed by atoms with Gasteiger partial charge in [-0.05, 0) is 33.1 Å². The van der Waals surface area contributed by atoms with Crippen LogP contribution in [0.4, 0.5) is 5.13 Å². The number of nitrogens with one attached hydrogen (secondary N) is 1. The van der Waals surface area contributed by atoms with E-state index in [2.05, 4.69) is 29.0 Å². The van der Waals surface area contributed by atoms with E-state index in [9.17, 15) is 0 Å². The maximum atomic E-state index is 5.61. The van der Waals surface area contributed by atoms with Crippen LogP contribution in [-0.4, -0.2) is 37.3 Å². The highest BCUT2D eigenvalue weighted by atomic mass is 32.1. The number of ether oxygens (including phenoxy) is 1. The molecule has 0 atom stereocenters. The van der Waals surface area contributed by atoms with Gasteiger partial charge in [0.2, 0.25) is 0 Å². The number of hydrogen-bond donors (Lipinski definition) is 1. The monoisotopic (exact) mass is 283 g/mol. The lowest BCUT2D eigenvalue weighted by molar-refractivity contribution is -0.0695. The van der Waals surface area contributed by atoms with E-state index in [1.54, 1.807) is 11.3 Å². The van der Waals surface area contributed by atoms with Gasteiger partial charge in [0.05, 0.1) is 5.60 Å². The Balaban J connectivity index is 1.80. The molecular formula is C14H25N3OS. The Kier molecular flexibility index (Phi) is 5.19. The lowest BCUT2D eigenvalue weighted by atomic mass is 9.80. The SMILES string of the molecule is CCN(CC)c1ncc(CNCC2(OC)CCC2)s1. The van der Waals surface area contributed by atoms with E-state index < -0.39 is 0 Å². The molecule has 108 valence electrons. The lowest BCUT2D eigenvalue weighted by Crippen LogP contribution is -2.47. The molecule has 0 spiro atoms. The predicted molar refractivity (Wildman–Crippen MR) is 81.0 cm³/mol. The number of nitrogens with zero attached hydrogens (tertiary/aromatic N) is 2. The maximum absolute atomic E-state index is 5.61. The highest BCUT2D eigenvalue weighted by Gasteiger charge is 2.36. The van der Waals surface area contributed by atoms with Gasteiger partial charge in [0.15, 0.2) is 5.13 Å². The number of hydrogen-bond acceptors (Lipinski definition) is 5. The molecule has 2 rings (SSSR count). The summed E-state index contributed by atoms with van der Waals surface area (Å²) in [6.45, 7) is 8.21. The van der Waals surface area contributed by atoms with Gasteiger partial charge in [0.25, 0.3) is 0 Å². The number of methoxy groups -OCH3 is 1. The number of rotatable bonds is 8. The molecule has 1 N–H and O–H groups in total. The Labute approximate surface area is 120 Å². The average molecular weight is 283 g/mol. The van der Waals surface area contributed by atoms with Crippen molar-refractivity contribution in [2.24, 2.45) is 0 Å². The molecule has 0 aliphatic heterocycles. The summed E-state index contributed by atoms with van der Waals surface area (Å²) in [5.41, 5.74) is 0.104. The molecule has 1 aliphatic carbocycles. The van der Waals surface area contributed by atoms with Crippen molar-refractivity contribution in [1.82, 2.24) is 10.3 Å². The molecule has 19 heavy (non-hydrogen) atoms. The van der Waals surface area contributed by atoms with Gasteiger partial charge in [-0.1, -0.05) is 0 Å². The van der Waals surface area contributed by atoms with E-state index in [1.807, 2.05) is 13.3 Å². The van der Waals surface area contributed by atoms with Gasteiger partial charge in [-0.15, -0.1) is 11.3 Å². The third kappa shape index (κ3) is 3.46. The number of aromatic nitrogens is 1. The summed E-state index contributed by atoms with van der Waals surface area (Å²) >= 11 is 1.79. The average Bonchev–Trinajstić information content (AvgIpc) is 2.83. The smallest absolute Gasteiger partial charge is 0.185 e. The molecule has 1 heterocycles. The van der Waals surface area contributed by atoms with Crippen LogP contribution in [0.3, 0.4) is 0 Å². The lowest BCUT2D eigenvalue weighted by Gasteiger charge is -2.40. The van der Waals surface area contributed by atoms with Gasteiger partial charge in [-0.3, -0.25) is 0 Å². The van der Waals surface area contributed by atoms with Crippen LogP contribution >= 0.6 is 11.3 Å². The van der Waals surface area contributed by atoms with Gasteiger partial charge in [-0.2, -0.15) is 0 Å². The first-order valence-corrected chi connectivity index (χ1v) is 8.00. The van der Waals surface area contributed by atoms with Crippen molar-refractivity contribution in [3.05, 3.63) is 11.1 Å². The Morgan fingerprint density at radius 3 is 2.68 bits per heavy atom. The molecule has 1 fully saturated rings. The summed E-state index contributed by atoms with van der Waals surface area (Å²) in [7, 11) is 1.83. The predicted octanol–water partition coefficient (Wildman–Crippen LogP) is 2.65. The van der Waals surface area contributed by atoms with Crippen molar-refractivity contribution in [2.75, 3.05) is 31.6 Å². The first-order valence-electron chi connectivity index (χ1n) is 7.18. The molecule has 0 radical (unpaired) electrons. The minimum absolute atomic E-state index is 0.104. The van der Waals surface area contributed by atoms with Crippen molar-refractivity contribution < 1.29 is 4.74 Å². The second-order valence-corrected chi connectivity index (χ2v) is 6.22. The van der Waals surface area contributed by atoms with Crippen LogP contribution < -0.4 is 10.2 Å². The fourth-order valence-electron chi connectivity index (χ4n) is 2.46. The van der Waals surface area contributed by atoms with Gasteiger partial charge in [-0.25, -0.2) is 4.98 Å². The molecule has 0 aromatic carbocycles. The Hall–Kier alpha value is -0.650. The van der Waals surface area contributed by atoms with Crippen LogP contribution in [0.25, 0.3) is 0 Å². The molecule has 1 saturated carbocycles. The fourth-order valence-corrected chi connectivity index (χ4v) is 3.46. The van der Waals surface area contributed by atoms with Gasteiger partial charge in [0.1, 0.15) is 0 Å². The summed E-state index contributed by atoms with van der Waals surface area (Å²) in [4.78, 5) is 8.09. The van der Waals surface area contributed by atoms with Crippen LogP contribution in [-0.2, 0) is 11.3 Å². The third-order valence-corrected chi connectivity index (χ3v) is 5.08. The standard InChI is InChI=1S/C14H25N3OS/c1-4-17(5-2)13-16-10-12(19-13)9-15-11-14(18-3)7-6-8-14/h10,15H,4-9,11H2,1-3H3. The zero-order valence-corrected chi connectivity index (χ0v) is 13.1. The highest BCUT2D eigenvalue weighted by molar-refractivity contribution is 7.15. The molecule has 5 heteroatoms. The van der Waals surface area contributed by atoms with Crippen LogP contribution in [0.2, 0.25) is 0 Å². The van der Waals surface area contributed by atoms with Gasteiger partial charge in [0, 0.05) is 44.4 Å². The second-order valence-electron chi connectivity index (χ2n) is 5.13. The minimum atomic E-state index is 0.104. The zero-order valence-electron chi connectivity index (χ0n) is 12.2. The molecular weight excluding hydrogens is 258 g/mol. The quantitative estimate of drug-likeness (QED) is 0.796. The van der Waals surface area contributed by atoms with Crippen molar-refractivity contribution in [3.63, 3.8) is 0 Å². The summed E-state index contributed by atoms with van der Waals surface area (Å²) in [5.74, 6) is 0. The number of anilines is 1. The van der Waals surface area contributed by atoms with Crippen LogP contribution in [0.5, 0.6) is 0 Å².